The highest BCUT2D eigenvalue weighted by Crippen LogP contribution is 2.15. The minimum Gasteiger partial charge on any atom is -0.410 e. The molecule has 0 fully saturated rings. The molecule has 0 aliphatic rings. The van der Waals surface area contributed by atoms with E-state index in [-0.39, 0.29) is 0 Å². The fourth-order valence-corrected chi connectivity index (χ4v) is 1.55. The maximum absolute atomic E-state index is 9.10. The van der Waals surface area contributed by atoms with Crippen molar-refractivity contribution in [1.82, 2.24) is 9.97 Å². The molecule has 0 radical (unpaired) electrons. The highest BCUT2D eigenvalue weighted by molar-refractivity contribution is 6.14. The zero-order valence-electron chi connectivity index (χ0n) is 9.33. The predicted molar refractivity (Wildman–Crippen MR) is 65.0 cm³/mol. The van der Waals surface area contributed by atoms with Gasteiger partial charge in [-0.15, -0.1) is 0 Å². The van der Waals surface area contributed by atoms with Crippen LogP contribution in [0.5, 0.6) is 0 Å². The summed E-state index contributed by atoms with van der Waals surface area (Å²) in [6.07, 6.45) is 3.25. The molecule has 0 aromatic carbocycles. The van der Waals surface area contributed by atoms with E-state index in [1.165, 1.54) is 0 Å². The molecule has 5 nitrogen and oxygen atoms in total. The van der Waals surface area contributed by atoms with Crippen molar-refractivity contribution in [1.29, 1.82) is 0 Å². The molecule has 5 heteroatoms. The van der Waals surface area contributed by atoms with Gasteiger partial charge in [-0.25, -0.2) is 4.98 Å². The lowest BCUT2D eigenvalue weighted by Gasteiger charge is -2.07. The number of anilines is 1. The monoisotopic (exact) mass is 228 g/mol. The average molecular weight is 228 g/mol. The van der Waals surface area contributed by atoms with E-state index < -0.39 is 0 Å². The molecular formula is C12H12N4O. The van der Waals surface area contributed by atoms with Gasteiger partial charge in [0, 0.05) is 29.2 Å². The summed E-state index contributed by atoms with van der Waals surface area (Å²) in [6.45, 7) is 1.85. The number of pyridine rings is 2. The quantitative estimate of drug-likeness (QED) is 0.464. The summed E-state index contributed by atoms with van der Waals surface area (Å²) < 4.78 is 0. The number of aryl methyl sites for hydroxylation is 1. The standard InChI is InChI=1S/C12H12N4O/c1-8-4-5-10(12(13)15-8)11(16-17)9-3-2-6-14-7-9/h2-7,17H,1H3,(H2,13,15). The minimum absolute atomic E-state index is 0.335. The topological polar surface area (TPSA) is 84.4 Å². The second-order valence-corrected chi connectivity index (χ2v) is 3.58. The van der Waals surface area contributed by atoms with Crippen LogP contribution in [-0.2, 0) is 0 Å². The fourth-order valence-electron chi connectivity index (χ4n) is 1.55. The van der Waals surface area contributed by atoms with Crippen LogP contribution in [0.2, 0.25) is 0 Å². The molecule has 2 aromatic rings. The first-order valence-corrected chi connectivity index (χ1v) is 5.08. The van der Waals surface area contributed by atoms with Gasteiger partial charge in [0.2, 0.25) is 0 Å². The van der Waals surface area contributed by atoms with Gasteiger partial charge in [-0.3, -0.25) is 4.98 Å². The van der Waals surface area contributed by atoms with Crippen LogP contribution in [0, 0.1) is 6.92 Å². The lowest BCUT2D eigenvalue weighted by Crippen LogP contribution is -2.09. The minimum atomic E-state index is 0.335. The molecule has 0 bridgehead atoms. The van der Waals surface area contributed by atoms with Gasteiger partial charge in [-0.05, 0) is 31.2 Å². The zero-order valence-corrected chi connectivity index (χ0v) is 9.33. The summed E-state index contributed by atoms with van der Waals surface area (Å²) in [5.41, 5.74) is 8.27. The van der Waals surface area contributed by atoms with E-state index in [2.05, 4.69) is 15.1 Å². The highest BCUT2D eigenvalue weighted by Gasteiger charge is 2.12. The normalized spacial score (nSPS) is 11.5. The van der Waals surface area contributed by atoms with Crippen LogP contribution in [0.15, 0.2) is 41.8 Å². The van der Waals surface area contributed by atoms with Crippen molar-refractivity contribution in [2.45, 2.75) is 6.92 Å². The average Bonchev–Trinajstić information content (AvgIpc) is 2.34. The molecule has 0 aliphatic carbocycles. The van der Waals surface area contributed by atoms with Crippen molar-refractivity contribution in [3.05, 3.63) is 53.5 Å². The van der Waals surface area contributed by atoms with Crippen LogP contribution < -0.4 is 5.73 Å². The molecule has 0 aliphatic heterocycles. The van der Waals surface area contributed by atoms with E-state index in [0.717, 1.165) is 5.69 Å². The summed E-state index contributed by atoms with van der Waals surface area (Å²) >= 11 is 0. The Morgan fingerprint density at radius 1 is 1.35 bits per heavy atom. The van der Waals surface area contributed by atoms with Crippen molar-refractivity contribution in [3.8, 4) is 0 Å². The third-order valence-corrected chi connectivity index (χ3v) is 2.35. The van der Waals surface area contributed by atoms with E-state index in [9.17, 15) is 0 Å². The SMILES string of the molecule is Cc1ccc(C(=NO)c2cccnc2)c(N)n1. The van der Waals surface area contributed by atoms with Crippen LogP contribution in [0.4, 0.5) is 5.82 Å². The van der Waals surface area contributed by atoms with Gasteiger partial charge in [-0.2, -0.15) is 0 Å². The smallest absolute Gasteiger partial charge is 0.133 e. The van der Waals surface area contributed by atoms with E-state index in [4.69, 9.17) is 10.9 Å². The largest absolute Gasteiger partial charge is 0.410 e. The second kappa shape index (κ2) is 4.61. The van der Waals surface area contributed by atoms with Gasteiger partial charge in [-0.1, -0.05) is 5.16 Å². The van der Waals surface area contributed by atoms with Crippen LogP contribution in [0.1, 0.15) is 16.8 Å². The van der Waals surface area contributed by atoms with E-state index >= 15 is 0 Å². The first-order valence-electron chi connectivity index (χ1n) is 5.08. The molecule has 0 saturated carbocycles. The van der Waals surface area contributed by atoms with E-state index in [1.54, 1.807) is 30.6 Å². The molecule has 3 N–H and O–H groups in total. The Morgan fingerprint density at radius 3 is 2.76 bits per heavy atom. The number of nitrogen functional groups attached to an aromatic ring is 1. The number of aromatic nitrogens is 2. The molecule has 17 heavy (non-hydrogen) atoms. The summed E-state index contributed by atoms with van der Waals surface area (Å²) in [6, 6.07) is 7.15. The molecule has 0 atom stereocenters. The number of hydrogen-bond acceptors (Lipinski definition) is 5. The molecule has 0 amide bonds. The Morgan fingerprint density at radius 2 is 2.18 bits per heavy atom. The molecule has 0 spiro atoms. The molecule has 2 rings (SSSR count). The number of nitrogens with zero attached hydrogens (tertiary/aromatic N) is 3. The van der Waals surface area contributed by atoms with Crippen LogP contribution in [-0.4, -0.2) is 20.9 Å². The first kappa shape index (κ1) is 11.1. The lowest BCUT2D eigenvalue weighted by molar-refractivity contribution is 0.319. The van der Waals surface area contributed by atoms with Crippen molar-refractivity contribution in [2.75, 3.05) is 5.73 Å². The summed E-state index contributed by atoms with van der Waals surface area (Å²) in [4.78, 5) is 8.11. The summed E-state index contributed by atoms with van der Waals surface area (Å²) in [7, 11) is 0. The third kappa shape index (κ3) is 2.23. The van der Waals surface area contributed by atoms with Crippen molar-refractivity contribution < 1.29 is 5.21 Å². The Bertz CT molecular complexity index is 552. The van der Waals surface area contributed by atoms with Crippen molar-refractivity contribution in [2.24, 2.45) is 5.16 Å². The van der Waals surface area contributed by atoms with Crippen LogP contribution >= 0.6 is 0 Å². The fraction of sp³-hybridized carbons (Fsp3) is 0.0833. The second-order valence-electron chi connectivity index (χ2n) is 3.58. The number of nitrogens with two attached hydrogens (primary N) is 1. The molecule has 86 valence electrons. The first-order chi connectivity index (χ1) is 8.22. The van der Waals surface area contributed by atoms with Gasteiger partial charge in [0.25, 0.3) is 0 Å². The lowest BCUT2D eigenvalue weighted by atomic mass is 10.0. The van der Waals surface area contributed by atoms with Gasteiger partial charge in [0.05, 0.1) is 0 Å². The highest BCUT2D eigenvalue weighted by atomic mass is 16.4. The zero-order chi connectivity index (χ0) is 12.3. The number of rotatable bonds is 2. The summed E-state index contributed by atoms with van der Waals surface area (Å²) in [5.74, 6) is 0.335. The molecule has 2 heterocycles. The molecule has 0 saturated heterocycles. The van der Waals surface area contributed by atoms with Gasteiger partial charge in [0.1, 0.15) is 11.5 Å². The van der Waals surface area contributed by atoms with Gasteiger partial charge < -0.3 is 10.9 Å². The van der Waals surface area contributed by atoms with Crippen LogP contribution in [0.25, 0.3) is 0 Å². The number of oxime groups is 1. The van der Waals surface area contributed by atoms with Gasteiger partial charge >= 0.3 is 0 Å². The van der Waals surface area contributed by atoms with Crippen LogP contribution in [0.3, 0.4) is 0 Å². The van der Waals surface area contributed by atoms with Crippen molar-refractivity contribution >= 4 is 11.5 Å². The van der Waals surface area contributed by atoms with Crippen molar-refractivity contribution in [3.63, 3.8) is 0 Å². The number of hydrogen-bond donors (Lipinski definition) is 2. The Balaban J connectivity index is 2.51. The molecule has 2 aromatic heterocycles. The maximum Gasteiger partial charge on any atom is 0.133 e. The molecular weight excluding hydrogens is 216 g/mol. The third-order valence-electron chi connectivity index (χ3n) is 2.35. The Labute approximate surface area is 98.6 Å². The Hall–Kier alpha value is -2.43. The predicted octanol–water partition coefficient (Wildman–Crippen LogP) is 1.59. The Kier molecular flexibility index (Phi) is 3.00. The molecule has 0 unspecified atom stereocenters. The van der Waals surface area contributed by atoms with Gasteiger partial charge in [0.15, 0.2) is 0 Å². The summed E-state index contributed by atoms with van der Waals surface area (Å²) in [5, 5.41) is 12.4. The van der Waals surface area contributed by atoms with E-state index in [1.807, 2.05) is 13.0 Å². The van der Waals surface area contributed by atoms with E-state index in [0.29, 0.717) is 22.7 Å². The maximum atomic E-state index is 9.10.